The van der Waals surface area contributed by atoms with Crippen LogP contribution in [0.25, 0.3) is 0 Å². The summed E-state index contributed by atoms with van der Waals surface area (Å²) in [5.41, 5.74) is 0.990. The molecule has 21 heavy (non-hydrogen) atoms. The second kappa shape index (κ2) is 6.77. The van der Waals surface area contributed by atoms with Crippen molar-refractivity contribution in [3.05, 3.63) is 46.0 Å². The average Bonchev–Trinajstić information content (AvgIpc) is 2.89. The van der Waals surface area contributed by atoms with E-state index in [2.05, 4.69) is 29.4 Å². The van der Waals surface area contributed by atoms with Crippen LogP contribution >= 0.6 is 23.2 Å². The summed E-state index contributed by atoms with van der Waals surface area (Å²) >= 11 is 12.2. The first kappa shape index (κ1) is 16.3. The van der Waals surface area contributed by atoms with E-state index in [1.807, 2.05) is 29.8 Å². The van der Waals surface area contributed by atoms with Gasteiger partial charge in [0, 0.05) is 12.6 Å². The first-order valence-corrected chi connectivity index (χ1v) is 7.81. The minimum absolute atomic E-state index is 0.153. The van der Waals surface area contributed by atoms with Gasteiger partial charge < -0.3 is 9.88 Å². The van der Waals surface area contributed by atoms with Crippen molar-refractivity contribution in [2.75, 3.05) is 0 Å². The molecule has 0 saturated heterocycles. The third-order valence-electron chi connectivity index (χ3n) is 4.07. The first-order valence-electron chi connectivity index (χ1n) is 7.06. The average molecular weight is 327 g/mol. The van der Waals surface area contributed by atoms with Crippen LogP contribution in [0, 0.1) is 0 Å². The molecular weight excluding hydrogens is 307 g/mol. The Hall–Kier alpha value is -1.10. The Balaban J connectivity index is 2.27. The summed E-state index contributed by atoms with van der Waals surface area (Å²) in [5, 5.41) is 12.8. The van der Waals surface area contributed by atoms with Gasteiger partial charge in [-0.15, -0.1) is 10.2 Å². The Kier molecular flexibility index (Phi) is 5.25. The highest BCUT2D eigenvalue weighted by Crippen LogP contribution is 2.33. The number of aromatic nitrogens is 3. The summed E-state index contributed by atoms with van der Waals surface area (Å²) in [6.07, 6.45) is 3.59. The standard InChI is InChI=1S/C15H20Cl2N4/c1-4-15(5-2,11-6-7-12(16)13(17)8-11)18-9-14-20-19-10-21(14)3/h6-8,10,18H,4-5,9H2,1-3H3. The highest BCUT2D eigenvalue weighted by Gasteiger charge is 2.28. The van der Waals surface area contributed by atoms with Gasteiger partial charge in [0.1, 0.15) is 12.2 Å². The van der Waals surface area contributed by atoms with Crippen molar-refractivity contribution in [1.29, 1.82) is 0 Å². The predicted octanol–water partition coefficient (Wildman–Crippen LogP) is 3.93. The lowest BCUT2D eigenvalue weighted by Gasteiger charge is -2.34. The van der Waals surface area contributed by atoms with Gasteiger partial charge in [-0.1, -0.05) is 43.1 Å². The minimum Gasteiger partial charge on any atom is -0.320 e. The van der Waals surface area contributed by atoms with Crippen molar-refractivity contribution in [2.45, 2.75) is 38.8 Å². The van der Waals surface area contributed by atoms with Gasteiger partial charge in [0.05, 0.1) is 16.6 Å². The van der Waals surface area contributed by atoms with Crippen molar-refractivity contribution in [1.82, 2.24) is 20.1 Å². The fourth-order valence-corrected chi connectivity index (χ4v) is 2.82. The summed E-state index contributed by atoms with van der Waals surface area (Å²) in [5.74, 6) is 0.904. The first-order chi connectivity index (χ1) is 10.0. The fraction of sp³-hybridized carbons (Fsp3) is 0.467. The molecule has 0 aliphatic heterocycles. The van der Waals surface area contributed by atoms with Gasteiger partial charge in [-0.25, -0.2) is 0 Å². The van der Waals surface area contributed by atoms with E-state index in [1.165, 1.54) is 0 Å². The topological polar surface area (TPSA) is 42.7 Å². The van der Waals surface area contributed by atoms with Gasteiger partial charge >= 0.3 is 0 Å². The molecule has 0 aliphatic carbocycles. The van der Waals surface area contributed by atoms with Gasteiger partial charge in [-0.2, -0.15) is 0 Å². The van der Waals surface area contributed by atoms with Crippen LogP contribution in [0.15, 0.2) is 24.5 Å². The van der Waals surface area contributed by atoms with Gasteiger partial charge in [0.15, 0.2) is 0 Å². The molecule has 0 spiro atoms. The summed E-state index contributed by atoms with van der Waals surface area (Å²) in [4.78, 5) is 0. The largest absolute Gasteiger partial charge is 0.320 e. The zero-order valence-electron chi connectivity index (χ0n) is 12.5. The van der Waals surface area contributed by atoms with E-state index in [-0.39, 0.29) is 5.54 Å². The van der Waals surface area contributed by atoms with E-state index >= 15 is 0 Å². The molecule has 114 valence electrons. The van der Waals surface area contributed by atoms with Crippen molar-refractivity contribution in [3.63, 3.8) is 0 Å². The van der Waals surface area contributed by atoms with Crippen molar-refractivity contribution in [2.24, 2.45) is 7.05 Å². The monoisotopic (exact) mass is 326 g/mol. The Morgan fingerprint density at radius 1 is 1.19 bits per heavy atom. The van der Waals surface area contributed by atoms with Gasteiger partial charge in [-0.05, 0) is 30.5 Å². The van der Waals surface area contributed by atoms with Crippen molar-refractivity contribution in [3.8, 4) is 0 Å². The van der Waals surface area contributed by atoms with Crippen LogP contribution in [-0.2, 0) is 19.1 Å². The molecule has 0 radical (unpaired) electrons. The van der Waals surface area contributed by atoms with Gasteiger partial charge in [0.25, 0.3) is 0 Å². The molecular formula is C15H20Cl2N4. The Morgan fingerprint density at radius 2 is 1.90 bits per heavy atom. The third kappa shape index (κ3) is 3.39. The second-order valence-corrected chi connectivity index (χ2v) is 5.94. The SMILES string of the molecule is CCC(CC)(NCc1nncn1C)c1ccc(Cl)c(Cl)c1. The number of halogens is 2. The summed E-state index contributed by atoms with van der Waals surface area (Å²) in [7, 11) is 1.94. The smallest absolute Gasteiger partial charge is 0.146 e. The maximum Gasteiger partial charge on any atom is 0.146 e. The van der Waals surface area contributed by atoms with E-state index in [4.69, 9.17) is 23.2 Å². The van der Waals surface area contributed by atoms with Crippen LogP contribution in [-0.4, -0.2) is 14.8 Å². The summed E-state index contributed by atoms with van der Waals surface area (Å²) in [6, 6.07) is 5.83. The molecule has 0 saturated carbocycles. The minimum atomic E-state index is -0.153. The second-order valence-electron chi connectivity index (χ2n) is 5.13. The number of hydrogen-bond acceptors (Lipinski definition) is 3. The van der Waals surface area contributed by atoms with Gasteiger partial charge in [0.2, 0.25) is 0 Å². The molecule has 4 nitrogen and oxygen atoms in total. The number of nitrogens with zero attached hydrogens (tertiary/aromatic N) is 3. The number of benzene rings is 1. The lowest BCUT2D eigenvalue weighted by molar-refractivity contribution is 0.301. The van der Waals surface area contributed by atoms with Crippen LogP contribution < -0.4 is 5.32 Å². The number of rotatable bonds is 6. The fourth-order valence-electron chi connectivity index (χ4n) is 2.52. The van der Waals surface area contributed by atoms with Crippen LogP contribution in [0.4, 0.5) is 0 Å². The van der Waals surface area contributed by atoms with Crippen molar-refractivity contribution >= 4 is 23.2 Å². The molecule has 1 heterocycles. The Bertz CT molecular complexity index is 605. The zero-order valence-corrected chi connectivity index (χ0v) is 14.0. The lowest BCUT2D eigenvalue weighted by Crippen LogP contribution is -2.41. The van der Waals surface area contributed by atoms with E-state index in [0.29, 0.717) is 16.6 Å². The van der Waals surface area contributed by atoms with Crippen LogP contribution in [0.2, 0.25) is 10.0 Å². The molecule has 2 rings (SSSR count). The number of nitrogens with one attached hydrogen (secondary N) is 1. The third-order valence-corrected chi connectivity index (χ3v) is 4.81. The molecule has 1 N–H and O–H groups in total. The molecule has 1 aromatic heterocycles. The molecule has 0 amide bonds. The molecule has 0 aliphatic rings. The lowest BCUT2D eigenvalue weighted by atomic mass is 9.84. The zero-order chi connectivity index (χ0) is 15.5. The van der Waals surface area contributed by atoms with E-state index in [0.717, 1.165) is 24.2 Å². The van der Waals surface area contributed by atoms with Gasteiger partial charge in [-0.3, -0.25) is 0 Å². The highest BCUT2D eigenvalue weighted by atomic mass is 35.5. The Morgan fingerprint density at radius 3 is 2.43 bits per heavy atom. The van der Waals surface area contributed by atoms with Crippen LogP contribution in [0.5, 0.6) is 0 Å². The summed E-state index contributed by atoms with van der Waals surface area (Å²) < 4.78 is 1.91. The predicted molar refractivity (Wildman–Crippen MR) is 86.6 cm³/mol. The highest BCUT2D eigenvalue weighted by molar-refractivity contribution is 6.42. The number of aryl methyl sites for hydroxylation is 1. The molecule has 0 bridgehead atoms. The quantitative estimate of drug-likeness (QED) is 0.874. The normalized spacial score (nSPS) is 11.9. The van der Waals surface area contributed by atoms with Crippen molar-refractivity contribution < 1.29 is 0 Å². The molecule has 1 aromatic carbocycles. The van der Waals surface area contributed by atoms with E-state index < -0.39 is 0 Å². The maximum absolute atomic E-state index is 6.17. The van der Waals surface area contributed by atoms with E-state index in [1.54, 1.807) is 6.33 Å². The van der Waals surface area contributed by atoms with Crippen LogP contribution in [0.3, 0.4) is 0 Å². The van der Waals surface area contributed by atoms with E-state index in [9.17, 15) is 0 Å². The molecule has 0 atom stereocenters. The number of hydrogen-bond donors (Lipinski definition) is 1. The Labute approximate surface area is 135 Å². The molecule has 0 fully saturated rings. The maximum atomic E-state index is 6.17. The molecule has 2 aromatic rings. The van der Waals surface area contributed by atoms with Crippen LogP contribution in [0.1, 0.15) is 38.1 Å². The molecule has 0 unspecified atom stereocenters. The molecule has 6 heteroatoms. The summed E-state index contributed by atoms with van der Waals surface area (Å²) in [6.45, 7) is 4.98.